The van der Waals surface area contributed by atoms with E-state index in [-0.39, 0.29) is 5.41 Å². The Labute approximate surface area is 233 Å². The minimum absolute atomic E-state index is 0.0394. The largest absolute Gasteiger partial charge is 0.345 e. The first-order chi connectivity index (χ1) is 19.1. The van der Waals surface area contributed by atoms with Crippen LogP contribution >= 0.6 is 0 Å². The molecule has 204 valence electrons. The molecule has 1 N–H and O–H groups in total. The van der Waals surface area contributed by atoms with Gasteiger partial charge in [0.05, 0.1) is 24.6 Å². The number of ether oxygens (including phenoxy) is 2. The smallest absolute Gasteiger partial charge is 0.217 e. The molecule has 1 aliphatic heterocycles. The molecular weight excluding hydrogens is 482 g/mol. The first-order valence-electron chi connectivity index (χ1n) is 14.3. The average Bonchev–Trinajstić information content (AvgIpc) is 3.42. The minimum Gasteiger partial charge on any atom is -0.345 e. The summed E-state index contributed by atoms with van der Waals surface area (Å²) in [7, 11) is 2.21. The van der Waals surface area contributed by atoms with Gasteiger partial charge in [-0.3, -0.25) is 0 Å². The van der Waals surface area contributed by atoms with Crippen molar-refractivity contribution in [1.29, 1.82) is 0 Å². The summed E-state index contributed by atoms with van der Waals surface area (Å²) in [6.45, 7) is 5.80. The van der Waals surface area contributed by atoms with Crippen LogP contribution in [0, 0.1) is 5.41 Å². The monoisotopic (exact) mass is 523 g/mol. The summed E-state index contributed by atoms with van der Waals surface area (Å²) in [5.41, 5.74) is 5.51. The summed E-state index contributed by atoms with van der Waals surface area (Å²) < 4.78 is 12.5. The molecule has 1 saturated heterocycles. The standard InChI is InChI=1S/C34H41N3O2/c1-34(22-14-3-4-15-23-37(2)24-27-16-8-5-9-17-27)25-38-33(39-26-34)32-35-30(28-18-10-6-11-19-28)31(36-32)29-20-12-7-13-21-29/h5-13,16-21,33H,3-4,14-15,22-26H2,1-2H3,(H,35,36). The Kier molecular flexibility index (Phi) is 9.25. The van der Waals surface area contributed by atoms with Gasteiger partial charge in [0.15, 0.2) is 5.82 Å². The maximum absolute atomic E-state index is 6.26. The Morgan fingerprint density at radius 2 is 1.38 bits per heavy atom. The first kappa shape index (κ1) is 27.3. The first-order valence-corrected chi connectivity index (χ1v) is 14.3. The molecule has 0 spiro atoms. The zero-order valence-corrected chi connectivity index (χ0v) is 23.3. The molecule has 0 bridgehead atoms. The van der Waals surface area contributed by atoms with Crippen molar-refractivity contribution in [2.24, 2.45) is 5.41 Å². The van der Waals surface area contributed by atoms with Gasteiger partial charge in [0.2, 0.25) is 6.29 Å². The van der Waals surface area contributed by atoms with Gasteiger partial charge in [-0.05, 0) is 32.0 Å². The maximum atomic E-state index is 6.26. The Morgan fingerprint density at radius 1 is 0.795 bits per heavy atom. The van der Waals surface area contributed by atoms with Crippen LogP contribution in [0.3, 0.4) is 0 Å². The van der Waals surface area contributed by atoms with Crippen LogP contribution in [0.4, 0.5) is 0 Å². The van der Waals surface area contributed by atoms with E-state index in [2.05, 4.69) is 78.5 Å². The van der Waals surface area contributed by atoms with E-state index >= 15 is 0 Å². The normalized spacial score (nSPS) is 19.4. The molecule has 4 aromatic rings. The van der Waals surface area contributed by atoms with E-state index in [1.165, 1.54) is 31.2 Å². The lowest BCUT2D eigenvalue weighted by Gasteiger charge is -2.36. The van der Waals surface area contributed by atoms with Gasteiger partial charge >= 0.3 is 0 Å². The fraction of sp³-hybridized carbons (Fsp3) is 0.382. The summed E-state index contributed by atoms with van der Waals surface area (Å²) in [6, 6.07) is 31.3. The number of unbranched alkanes of at least 4 members (excludes halogenated alkanes) is 3. The number of imidazole rings is 1. The number of hydrogen-bond acceptors (Lipinski definition) is 4. The van der Waals surface area contributed by atoms with Gasteiger partial charge in [-0.2, -0.15) is 0 Å². The van der Waals surface area contributed by atoms with E-state index < -0.39 is 6.29 Å². The zero-order chi connectivity index (χ0) is 26.9. The third-order valence-corrected chi connectivity index (χ3v) is 7.59. The van der Waals surface area contributed by atoms with Crippen LogP contribution in [-0.2, 0) is 16.0 Å². The number of rotatable bonds is 12. The third kappa shape index (κ3) is 7.45. The predicted octanol–water partition coefficient (Wildman–Crippen LogP) is 7.88. The van der Waals surface area contributed by atoms with Crippen LogP contribution in [0.2, 0.25) is 0 Å². The Morgan fingerprint density at radius 3 is 2.05 bits per heavy atom. The number of H-pyrrole nitrogens is 1. The van der Waals surface area contributed by atoms with E-state index in [4.69, 9.17) is 14.5 Å². The lowest BCUT2D eigenvalue weighted by Crippen LogP contribution is -2.36. The molecular formula is C34H41N3O2. The minimum atomic E-state index is -0.474. The molecule has 2 heterocycles. The van der Waals surface area contributed by atoms with E-state index in [0.717, 1.165) is 47.8 Å². The van der Waals surface area contributed by atoms with Gasteiger partial charge < -0.3 is 19.4 Å². The third-order valence-electron chi connectivity index (χ3n) is 7.59. The molecule has 1 aliphatic rings. The number of aromatic amines is 1. The SMILES string of the molecule is CN(CCCCCCC1(C)COC(c2nc(-c3ccccc3)c(-c3ccccc3)[nH]2)OC1)Cc1ccccc1. The molecule has 3 aromatic carbocycles. The quantitative estimate of drug-likeness (QED) is 0.192. The van der Waals surface area contributed by atoms with Crippen LogP contribution < -0.4 is 0 Å². The summed E-state index contributed by atoms with van der Waals surface area (Å²) in [4.78, 5) is 10.9. The van der Waals surface area contributed by atoms with Gasteiger partial charge in [-0.15, -0.1) is 0 Å². The van der Waals surface area contributed by atoms with Crippen LogP contribution in [0.1, 0.15) is 56.7 Å². The molecule has 1 fully saturated rings. The summed E-state index contributed by atoms with van der Waals surface area (Å²) in [5.74, 6) is 0.731. The highest BCUT2D eigenvalue weighted by Crippen LogP contribution is 2.37. The number of aromatic nitrogens is 2. The van der Waals surface area contributed by atoms with E-state index in [0.29, 0.717) is 13.2 Å². The Balaban J connectivity index is 1.09. The van der Waals surface area contributed by atoms with Crippen molar-refractivity contribution in [2.75, 3.05) is 26.8 Å². The lowest BCUT2D eigenvalue weighted by molar-refractivity contribution is -0.235. The lowest BCUT2D eigenvalue weighted by atomic mass is 9.85. The van der Waals surface area contributed by atoms with Crippen LogP contribution in [0.15, 0.2) is 91.0 Å². The topological polar surface area (TPSA) is 50.4 Å². The molecule has 0 aliphatic carbocycles. The zero-order valence-electron chi connectivity index (χ0n) is 23.3. The predicted molar refractivity (Wildman–Crippen MR) is 158 cm³/mol. The maximum Gasteiger partial charge on any atom is 0.217 e. The van der Waals surface area contributed by atoms with Crippen LogP contribution in [0.25, 0.3) is 22.5 Å². The van der Waals surface area contributed by atoms with Crippen molar-refractivity contribution in [1.82, 2.24) is 14.9 Å². The second-order valence-corrected chi connectivity index (χ2v) is 11.2. The molecule has 0 amide bonds. The molecule has 0 radical (unpaired) electrons. The van der Waals surface area contributed by atoms with Gasteiger partial charge in [0, 0.05) is 23.1 Å². The molecule has 0 saturated carbocycles. The number of nitrogens with one attached hydrogen (secondary N) is 1. The second kappa shape index (κ2) is 13.2. The van der Waals surface area contributed by atoms with Crippen molar-refractivity contribution < 1.29 is 9.47 Å². The van der Waals surface area contributed by atoms with Gasteiger partial charge in [-0.1, -0.05) is 117 Å². The molecule has 0 atom stereocenters. The fourth-order valence-electron chi connectivity index (χ4n) is 5.33. The molecule has 0 unspecified atom stereocenters. The highest BCUT2D eigenvalue weighted by Gasteiger charge is 2.34. The Hall–Kier alpha value is -3.25. The van der Waals surface area contributed by atoms with Crippen LogP contribution in [0.5, 0.6) is 0 Å². The molecule has 5 rings (SSSR count). The van der Waals surface area contributed by atoms with Gasteiger partial charge in [0.25, 0.3) is 0 Å². The van der Waals surface area contributed by atoms with Crippen molar-refractivity contribution in [3.05, 3.63) is 102 Å². The molecule has 39 heavy (non-hydrogen) atoms. The second-order valence-electron chi connectivity index (χ2n) is 11.2. The highest BCUT2D eigenvalue weighted by molar-refractivity contribution is 5.78. The molecule has 1 aromatic heterocycles. The number of benzene rings is 3. The van der Waals surface area contributed by atoms with Crippen molar-refractivity contribution in [3.8, 4) is 22.5 Å². The summed E-state index contributed by atoms with van der Waals surface area (Å²) >= 11 is 0. The summed E-state index contributed by atoms with van der Waals surface area (Å²) in [6.07, 6.45) is 5.59. The van der Waals surface area contributed by atoms with Crippen molar-refractivity contribution in [3.63, 3.8) is 0 Å². The van der Waals surface area contributed by atoms with Crippen LogP contribution in [-0.4, -0.2) is 41.7 Å². The van der Waals surface area contributed by atoms with Crippen molar-refractivity contribution in [2.45, 2.75) is 51.9 Å². The highest BCUT2D eigenvalue weighted by atomic mass is 16.7. The molecule has 5 heteroatoms. The number of nitrogens with zero attached hydrogens (tertiary/aromatic N) is 2. The van der Waals surface area contributed by atoms with E-state index in [9.17, 15) is 0 Å². The summed E-state index contributed by atoms with van der Waals surface area (Å²) in [5, 5.41) is 0. The van der Waals surface area contributed by atoms with E-state index in [1.807, 2.05) is 36.4 Å². The van der Waals surface area contributed by atoms with Gasteiger partial charge in [0.1, 0.15) is 0 Å². The van der Waals surface area contributed by atoms with E-state index in [1.54, 1.807) is 0 Å². The van der Waals surface area contributed by atoms with Crippen molar-refractivity contribution >= 4 is 0 Å². The fourth-order valence-corrected chi connectivity index (χ4v) is 5.33. The average molecular weight is 524 g/mol. The Bertz CT molecular complexity index is 1210. The van der Waals surface area contributed by atoms with Gasteiger partial charge in [-0.25, -0.2) is 4.98 Å². The molecule has 5 nitrogen and oxygen atoms in total. The number of hydrogen-bond donors (Lipinski definition) is 1.